The van der Waals surface area contributed by atoms with E-state index in [0.717, 1.165) is 21.1 Å². The third-order valence-electron chi connectivity index (χ3n) is 2.11. The average Bonchev–Trinajstić information content (AvgIpc) is 2.60. The van der Waals surface area contributed by atoms with Crippen LogP contribution in [0.25, 0.3) is 11.3 Å². The van der Waals surface area contributed by atoms with E-state index in [-0.39, 0.29) is 5.82 Å². The van der Waals surface area contributed by atoms with E-state index >= 15 is 0 Å². The van der Waals surface area contributed by atoms with E-state index in [1.54, 1.807) is 17.4 Å². The molecule has 0 spiro atoms. The molecule has 1 aromatic carbocycles. The summed E-state index contributed by atoms with van der Waals surface area (Å²) in [5.74, 6) is -0.241. The first-order valence-corrected chi connectivity index (χ1v) is 5.44. The number of aromatic nitrogens is 1. The summed E-state index contributed by atoms with van der Waals surface area (Å²) in [4.78, 5) is 5.44. The first-order chi connectivity index (χ1) is 7.20. The van der Waals surface area contributed by atoms with Crippen LogP contribution in [0.1, 0.15) is 9.88 Å². The Morgan fingerprint density at radius 2 is 2.27 bits per heavy atom. The monoisotopic (exact) mass is 222 g/mol. The molecule has 1 aromatic heterocycles. The lowest BCUT2D eigenvalue weighted by atomic mass is 10.1. The van der Waals surface area contributed by atoms with Gasteiger partial charge in [0.05, 0.1) is 5.69 Å². The van der Waals surface area contributed by atoms with Gasteiger partial charge in [-0.3, -0.25) is 0 Å². The second-order valence-electron chi connectivity index (χ2n) is 3.23. The van der Waals surface area contributed by atoms with Gasteiger partial charge in [0.25, 0.3) is 0 Å². The zero-order chi connectivity index (χ0) is 10.8. The number of hydrogen-bond acceptors (Lipinski definition) is 3. The Labute approximate surface area is 91.6 Å². The Morgan fingerprint density at radius 1 is 1.47 bits per heavy atom. The number of aryl methyl sites for hydroxylation is 1. The summed E-state index contributed by atoms with van der Waals surface area (Å²) >= 11 is 1.56. The molecule has 2 aromatic rings. The summed E-state index contributed by atoms with van der Waals surface area (Å²) in [5, 5.41) is 0.881. The first-order valence-electron chi connectivity index (χ1n) is 4.63. The molecule has 78 valence electrons. The number of nitrogens with zero attached hydrogens (tertiary/aromatic N) is 1. The molecule has 0 saturated carbocycles. The van der Waals surface area contributed by atoms with Gasteiger partial charge >= 0.3 is 0 Å². The van der Waals surface area contributed by atoms with Gasteiger partial charge in [0, 0.05) is 17.0 Å². The minimum atomic E-state index is -0.241. The van der Waals surface area contributed by atoms with Crippen LogP contribution in [0.15, 0.2) is 24.3 Å². The maximum atomic E-state index is 13.0. The van der Waals surface area contributed by atoms with Crippen LogP contribution in [0.2, 0.25) is 0 Å². The van der Waals surface area contributed by atoms with Crippen molar-refractivity contribution in [1.29, 1.82) is 0 Å². The fourth-order valence-electron chi connectivity index (χ4n) is 1.44. The smallest absolute Gasteiger partial charge is 0.123 e. The van der Waals surface area contributed by atoms with E-state index in [4.69, 9.17) is 5.73 Å². The maximum Gasteiger partial charge on any atom is 0.123 e. The maximum absolute atomic E-state index is 13.0. The van der Waals surface area contributed by atoms with Crippen LogP contribution in [0, 0.1) is 12.7 Å². The van der Waals surface area contributed by atoms with Crippen molar-refractivity contribution in [3.8, 4) is 11.3 Å². The second kappa shape index (κ2) is 4.08. The largest absolute Gasteiger partial charge is 0.325 e. The third-order valence-corrected chi connectivity index (χ3v) is 3.11. The van der Waals surface area contributed by atoms with Gasteiger partial charge in [-0.25, -0.2) is 9.37 Å². The first kappa shape index (κ1) is 10.3. The SMILES string of the molecule is Cc1sc(CN)nc1-c1cccc(F)c1. The van der Waals surface area contributed by atoms with Crippen LogP contribution in [0.4, 0.5) is 4.39 Å². The van der Waals surface area contributed by atoms with Crippen molar-refractivity contribution in [1.82, 2.24) is 4.98 Å². The predicted octanol–water partition coefficient (Wildman–Crippen LogP) is 2.72. The molecule has 0 aliphatic carbocycles. The topological polar surface area (TPSA) is 38.9 Å². The van der Waals surface area contributed by atoms with Crippen LogP contribution in [-0.2, 0) is 6.54 Å². The summed E-state index contributed by atoms with van der Waals surface area (Å²) in [7, 11) is 0. The van der Waals surface area contributed by atoms with Crippen LogP contribution in [-0.4, -0.2) is 4.98 Å². The summed E-state index contributed by atoms with van der Waals surface area (Å²) in [6.45, 7) is 2.40. The number of benzene rings is 1. The summed E-state index contributed by atoms with van der Waals surface area (Å²) in [6, 6.07) is 6.45. The van der Waals surface area contributed by atoms with E-state index in [1.807, 2.05) is 13.0 Å². The highest BCUT2D eigenvalue weighted by Gasteiger charge is 2.09. The van der Waals surface area contributed by atoms with E-state index in [1.165, 1.54) is 12.1 Å². The van der Waals surface area contributed by atoms with Crippen LogP contribution in [0.5, 0.6) is 0 Å². The lowest BCUT2D eigenvalue weighted by Crippen LogP contribution is -1.94. The lowest BCUT2D eigenvalue weighted by molar-refractivity contribution is 0.628. The van der Waals surface area contributed by atoms with Gasteiger partial charge < -0.3 is 5.73 Å². The average molecular weight is 222 g/mol. The number of thiazole rings is 1. The number of nitrogens with two attached hydrogens (primary N) is 1. The molecule has 0 saturated heterocycles. The van der Waals surface area contributed by atoms with E-state index in [2.05, 4.69) is 4.98 Å². The summed E-state index contributed by atoms with van der Waals surface area (Å²) < 4.78 is 13.0. The zero-order valence-electron chi connectivity index (χ0n) is 8.33. The van der Waals surface area contributed by atoms with Crippen molar-refractivity contribution in [2.45, 2.75) is 13.5 Å². The summed E-state index contributed by atoms with van der Waals surface area (Å²) in [6.07, 6.45) is 0. The molecule has 2 N–H and O–H groups in total. The fraction of sp³-hybridized carbons (Fsp3) is 0.182. The minimum Gasteiger partial charge on any atom is -0.325 e. The fourth-order valence-corrected chi connectivity index (χ4v) is 2.28. The number of halogens is 1. The molecular weight excluding hydrogens is 211 g/mol. The third kappa shape index (κ3) is 2.06. The van der Waals surface area contributed by atoms with Crippen molar-refractivity contribution in [3.63, 3.8) is 0 Å². The van der Waals surface area contributed by atoms with Gasteiger partial charge in [0.1, 0.15) is 10.8 Å². The number of rotatable bonds is 2. The van der Waals surface area contributed by atoms with Crippen molar-refractivity contribution in [2.75, 3.05) is 0 Å². The predicted molar refractivity (Wildman–Crippen MR) is 60.1 cm³/mol. The normalized spacial score (nSPS) is 10.6. The molecule has 0 aliphatic heterocycles. The highest BCUT2D eigenvalue weighted by molar-refractivity contribution is 7.12. The van der Waals surface area contributed by atoms with Crippen LogP contribution >= 0.6 is 11.3 Å². The molecule has 0 fully saturated rings. The molecule has 1 heterocycles. The van der Waals surface area contributed by atoms with Crippen molar-refractivity contribution in [2.24, 2.45) is 5.73 Å². The zero-order valence-corrected chi connectivity index (χ0v) is 9.14. The lowest BCUT2D eigenvalue weighted by Gasteiger charge is -1.98. The molecule has 0 amide bonds. The molecule has 0 radical (unpaired) electrons. The van der Waals surface area contributed by atoms with Gasteiger partial charge in [0.2, 0.25) is 0 Å². The van der Waals surface area contributed by atoms with Gasteiger partial charge in [-0.15, -0.1) is 11.3 Å². The molecule has 0 atom stereocenters. The molecule has 0 bridgehead atoms. The van der Waals surface area contributed by atoms with Crippen molar-refractivity contribution < 1.29 is 4.39 Å². The Morgan fingerprint density at radius 3 is 2.87 bits per heavy atom. The molecule has 0 aliphatic rings. The van der Waals surface area contributed by atoms with Gasteiger partial charge in [0.15, 0.2) is 0 Å². The molecule has 0 unspecified atom stereocenters. The highest BCUT2D eigenvalue weighted by atomic mass is 32.1. The second-order valence-corrected chi connectivity index (χ2v) is 4.51. The van der Waals surface area contributed by atoms with Crippen LogP contribution < -0.4 is 5.73 Å². The van der Waals surface area contributed by atoms with Crippen molar-refractivity contribution >= 4 is 11.3 Å². The standard InChI is InChI=1S/C11H11FN2S/c1-7-11(14-10(6-13)15-7)8-3-2-4-9(12)5-8/h2-5H,6,13H2,1H3. The van der Waals surface area contributed by atoms with Crippen molar-refractivity contribution in [3.05, 3.63) is 40.0 Å². The highest BCUT2D eigenvalue weighted by Crippen LogP contribution is 2.27. The quantitative estimate of drug-likeness (QED) is 0.848. The molecule has 2 nitrogen and oxygen atoms in total. The summed E-state index contributed by atoms with van der Waals surface area (Å²) in [5.41, 5.74) is 7.16. The van der Waals surface area contributed by atoms with E-state index in [0.29, 0.717) is 6.54 Å². The Balaban J connectivity index is 2.48. The Bertz CT molecular complexity index is 479. The van der Waals surface area contributed by atoms with E-state index < -0.39 is 0 Å². The van der Waals surface area contributed by atoms with E-state index in [9.17, 15) is 4.39 Å². The Hall–Kier alpha value is -1.26. The van der Waals surface area contributed by atoms with Crippen LogP contribution in [0.3, 0.4) is 0 Å². The van der Waals surface area contributed by atoms with Gasteiger partial charge in [-0.1, -0.05) is 12.1 Å². The molecule has 4 heteroatoms. The molecule has 15 heavy (non-hydrogen) atoms. The molecule has 2 rings (SSSR count). The van der Waals surface area contributed by atoms with Gasteiger partial charge in [-0.2, -0.15) is 0 Å². The minimum absolute atomic E-state index is 0.241. The van der Waals surface area contributed by atoms with Gasteiger partial charge in [-0.05, 0) is 19.1 Å². The Kier molecular flexibility index (Phi) is 2.79. The molecular formula is C11H11FN2S. The number of hydrogen-bond donors (Lipinski definition) is 1.